The fraction of sp³-hybridized carbons (Fsp3) is 0.600. The third-order valence-electron chi connectivity index (χ3n) is 3.84. The maximum absolute atomic E-state index is 9.02. The number of hydrogen-bond acceptors (Lipinski definition) is 1. The Hall–Kier alpha value is -0.820. The molecule has 1 heteroatoms. The molecule has 1 N–H and O–H groups in total. The number of aliphatic hydroxyl groups excluding tert-OH is 1. The van der Waals surface area contributed by atoms with E-state index in [9.17, 15) is 0 Å². The lowest BCUT2D eigenvalue weighted by Gasteiger charge is -2.35. The molecule has 1 aromatic rings. The Morgan fingerprint density at radius 3 is 2.50 bits per heavy atom. The first-order valence-electron chi connectivity index (χ1n) is 6.30. The van der Waals surface area contributed by atoms with E-state index in [1.54, 1.807) is 0 Å². The highest BCUT2D eigenvalue weighted by Gasteiger charge is 2.28. The summed E-state index contributed by atoms with van der Waals surface area (Å²) in [6, 6.07) is 8.49. The lowest BCUT2D eigenvalue weighted by Crippen LogP contribution is -2.21. The van der Waals surface area contributed by atoms with Crippen LogP contribution in [-0.2, 0) is 6.61 Å². The van der Waals surface area contributed by atoms with E-state index >= 15 is 0 Å². The zero-order valence-electron chi connectivity index (χ0n) is 10.4. The normalized spacial score (nSPS) is 24.3. The van der Waals surface area contributed by atoms with Crippen LogP contribution >= 0.6 is 0 Å². The van der Waals surface area contributed by atoms with E-state index in [1.807, 2.05) is 0 Å². The SMILES string of the molecule is CC1(C)CCCC(c2ccc(CO)cc2)C1. The van der Waals surface area contributed by atoms with Gasteiger partial charge in [-0.15, -0.1) is 0 Å². The van der Waals surface area contributed by atoms with Crippen LogP contribution in [0.25, 0.3) is 0 Å². The second-order valence-electron chi connectivity index (χ2n) is 5.86. The molecule has 1 unspecified atom stereocenters. The molecule has 16 heavy (non-hydrogen) atoms. The molecule has 0 amide bonds. The van der Waals surface area contributed by atoms with Gasteiger partial charge in [0.25, 0.3) is 0 Å². The van der Waals surface area contributed by atoms with Crippen molar-refractivity contribution in [1.29, 1.82) is 0 Å². The second-order valence-corrected chi connectivity index (χ2v) is 5.86. The fourth-order valence-electron chi connectivity index (χ4n) is 2.88. The molecular weight excluding hydrogens is 196 g/mol. The fourth-order valence-corrected chi connectivity index (χ4v) is 2.88. The van der Waals surface area contributed by atoms with Crippen molar-refractivity contribution >= 4 is 0 Å². The van der Waals surface area contributed by atoms with Crippen LogP contribution in [0.15, 0.2) is 24.3 Å². The van der Waals surface area contributed by atoms with Crippen LogP contribution in [0.5, 0.6) is 0 Å². The average Bonchev–Trinajstić information content (AvgIpc) is 2.28. The van der Waals surface area contributed by atoms with Gasteiger partial charge in [0.1, 0.15) is 0 Å². The highest BCUT2D eigenvalue weighted by molar-refractivity contribution is 5.25. The van der Waals surface area contributed by atoms with Crippen molar-refractivity contribution in [2.24, 2.45) is 5.41 Å². The van der Waals surface area contributed by atoms with Gasteiger partial charge in [-0.1, -0.05) is 44.5 Å². The topological polar surface area (TPSA) is 20.2 Å². The zero-order chi connectivity index (χ0) is 11.6. The van der Waals surface area contributed by atoms with Crippen LogP contribution in [0.4, 0.5) is 0 Å². The summed E-state index contributed by atoms with van der Waals surface area (Å²) in [5, 5.41) is 9.02. The Morgan fingerprint density at radius 2 is 1.94 bits per heavy atom. The molecule has 0 radical (unpaired) electrons. The highest BCUT2D eigenvalue weighted by Crippen LogP contribution is 2.43. The molecule has 1 fully saturated rings. The Kier molecular flexibility index (Phi) is 3.34. The summed E-state index contributed by atoms with van der Waals surface area (Å²) in [4.78, 5) is 0. The maximum atomic E-state index is 9.02. The molecule has 1 aliphatic carbocycles. The summed E-state index contributed by atoms with van der Waals surface area (Å²) in [6.07, 6.45) is 5.32. The van der Waals surface area contributed by atoms with Gasteiger partial charge < -0.3 is 5.11 Å². The first kappa shape index (κ1) is 11.7. The number of rotatable bonds is 2. The molecule has 1 aromatic carbocycles. The van der Waals surface area contributed by atoms with Crippen LogP contribution in [0.1, 0.15) is 56.6 Å². The van der Waals surface area contributed by atoms with Crippen molar-refractivity contribution in [2.75, 3.05) is 0 Å². The van der Waals surface area contributed by atoms with Crippen LogP contribution in [0, 0.1) is 5.41 Å². The molecule has 0 aromatic heterocycles. The minimum Gasteiger partial charge on any atom is -0.392 e. The van der Waals surface area contributed by atoms with E-state index in [0.29, 0.717) is 5.41 Å². The minimum atomic E-state index is 0.149. The third-order valence-corrected chi connectivity index (χ3v) is 3.84. The van der Waals surface area contributed by atoms with Crippen LogP contribution < -0.4 is 0 Å². The largest absolute Gasteiger partial charge is 0.392 e. The van der Waals surface area contributed by atoms with Gasteiger partial charge in [-0.2, -0.15) is 0 Å². The molecular formula is C15H22O. The van der Waals surface area contributed by atoms with E-state index in [4.69, 9.17) is 5.11 Å². The smallest absolute Gasteiger partial charge is 0.0681 e. The van der Waals surface area contributed by atoms with E-state index in [2.05, 4.69) is 38.1 Å². The summed E-state index contributed by atoms with van der Waals surface area (Å²) in [6.45, 7) is 4.90. The van der Waals surface area contributed by atoms with E-state index < -0.39 is 0 Å². The summed E-state index contributed by atoms with van der Waals surface area (Å²) in [5.41, 5.74) is 2.96. The third kappa shape index (κ3) is 2.65. The van der Waals surface area contributed by atoms with Gasteiger partial charge in [0, 0.05) is 0 Å². The number of aliphatic hydroxyl groups is 1. The maximum Gasteiger partial charge on any atom is 0.0681 e. The van der Waals surface area contributed by atoms with Crippen LogP contribution in [-0.4, -0.2) is 5.11 Å². The molecule has 0 saturated heterocycles. The standard InChI is InChI=1S/C15H22O/c1-15(2)9-3-4-14(10-15)13-7-5-12(11-16)6-8-13/h5-8,14,16H,3-4,9-11H2,1-2H3. The minimum absolute atomic E-state index is 0.149. The molecule has 0 bridgehead atoms. The predicted molar refractivity (Wildman–Crippen MR) is 67.4 cm³/mol. The molecule has 88 valence electrons. The summed E-state index contributed by atoms with van der Waals surface area (Å²) in [7, 11) is 0. The van der Waals surface area contributed by atoms with Crippen molar-refractivity contribution in [3.8, 4) is 0 Å². The Balaban J connectivity index is 2.11. The molecule has 1 atom stereocenters. The second kappa shape index (κ2) is 4.58. The monoisotopic (exact) mass is 218 g/mol. The van der Waals surface area contributed by atoms with Gasteiger partial charge in [-0.05, 0) is 41.7 Å². The van der Waals surface area contributed by atoms with Crippen molar-refractivity contribution in [1.82, 2.24) is 0 Å². The van der Waals surface area contributed by atoms with Crippen molar-refractivity contribution in [3.05, 3.63) is 35.4 Å². The van der Waals surface area contributed by atoms with E-state index in [1.165, 1.54) is 31.2 Å². The molecule has 1 saturated carbocycles. The highest BCUT2D eigenvalue weighted by atomic mass is 16.3. The number of hydrogen-bond donors (Lipinski definition) is 1. The average molecular weight is 218 g/mol. The van der Waals surface area contributed by atoms with Gasteiger partial charge in [0.2, 0.25) is 0 Å². The summed E-state index contributed by atoms with van der Waals surface area (Å²) < 4.78 is 0. The Morgan fingerprint density at radius 1 is 1.25 bits per heavy atom. The number of benzene rings is 1. The van der Waals surface area contributed by atoms with E-state index in [0.717, 1.165) is 11.5 Å². The zero-order valence-corrected chi connectivity index (χ0v) is 10.4. The molecule has 2 rings (SSSR count). The first-order valence-corrected chi connectivity index (χ1v) is 6.30. The van der Waals surface area contributed by atoms with Gasteiger partial charge in [-0.25, -0.2) is 0 Å². The van der Waals surface area contributed by atoms with Crippen molar-refractivity contribution in [3.63, 3.8) is 0 Å². The molecule has 0 heterocycles. The van der Waals surface area contributed by atoms with Gasteiger partial charge >= 0.3 is 0 Å². The van der Waals surface area contributed by atoms with Crippen LogP contribution in [0.3, 0.4) is 0 Å². The van der Waals surface area contributed by atoms with Gasteiger partial charge in [0.05, 0.1) is 6.61 Å². The Labute approximate surface area is 98.5 Å². The predicted octanol–water partition coefficient (Wildman–Crippen LogP) is 3.86. The molecule has 0 spiro atoms. The van der Waals surface area contributed by atoms with Gasteiger partial charge in [-0.3, -0.25) is 0 Å². The summed E-state index contributed by atoms with van der Waals surface area (Å²) >= 11 is 0. The first-order chi connectivity index (χ1) is 7.61. The lowest BCUT2D eigenvalue weighted by atomic mass is 9.70. The Bertz CT molecular complexity index is 337. The van der Waals surface area contributed by atoms with Crippen molar-refractivity contribution in [2.45, 2.75) is 52.1 Å². The molecule has 1 nitrogen and oxygen atoms in total. The van der Waals surface area contributed by atoms with E-state index in [-0.39, 0.29) is 6.61 Å². The quantitative estimate of drug-likeness (QED) is 0.799. The molecule has 0 aliphatic heterocycles. The van der Waals surface area contributed by atoms with Crippen LogP contribution in [0.2, 0.25) is 0 Å². The van der Waals surface area contributed by atoms with Crippen molar-refractivity contribution < 1.29 is 5.11 Å². The summed E-state index contributed by atoms with van der Waals surface area (Å²) in [5.74, 6) is 0.719. The lowest BCUT2D eigenvalue weighted by molar-refractivity contribution is 0.219. The van der Waals surface area contributed by atoms with Gasteiger partial charge in [0.15, 0.2) is 0 Å². The molecule has 1 aliphatic rings.